The van der Waals surface area contributed by atoms with Gasteiger partial charge in [0.25, 0.3) is 11.5 Å². The van der Waals surface area contributed by atoms with Crippen molar-refractivity contribution in [2.45, 2.75) is 120 Å². The number of alkyl halides is 3. The fourth-order valence-corrected chi connectivity index (χ4v) is 4.94. The SMILES string of the molecule is CCCCCCCCCCCCCC[C@@H]1OC[C@H](NC(=O)[C@](OC)(c2ccccc2)C(F)(F)F)[C@@H]1O. The van der Waals surface area contributed by atoms with Gasteiger partial charge in [0.15, 0.2) is 0 Å². The van der Waals surface area contributed by atoms with E-state index in [1.165, 1.54) is 82.1 Å². The Labute approximate surface area is 214 Å². The van der Waals surface area contributed by atoms with Gasteiger partial charge in [-0.15, -0.1) is 0 Å². The van der Waals surface area contributed by atoms with E-state index in [-0.39, 0.29) is 12.2 Å². The van der Waals surface area contributed by atoms with Crippen molar-refractivity contribution in [3.63, 3.8) is 0 Å². The standard InChI is InChI=1S/C28H44F3NO4/c1-3-4-5-6-7-8-9-10-11-12-13-17-20-24-25(33)23(21-36-24)32-26(34)27(35-2,28(29,30)31)22-18-15-14-16-19-22/h14-16,18-19,23-25,33H,3-13,17,20-21H2,1-2H3,(H,32,34)/t23-,24-,25-,27+/m0/s1. The van der Waals surface area contributed by atoms with Crippen LogP contribution in [0, 0.1) is 0 Å². The van der Waals surface area contributed by atoms with Crippen LogP contribution in [0.4, 0.5) is 13.2 Å². The van der Waals surface area contributed by atoms with Crippen molar-refractivity contribution in [2.75, 3.05) is 13.7 Å². The summed E-state index contributed by atoms with van der Waals surface area (Å²) in [6.07, 6.45) is 8.71. The number of nitrogens with one attached hydrogen (secondary N) is 1. The van der Waals surface area contributed by atoms with Crippen molar-refractivity contribution in [3.05, 3.63) is 35.9 Å². The molecule has 2 N–H and O–H groups in total. The van der Waals surface area contributed by atoms with Crippen molar-refractivity contribution in [2.24, 2.45) is 0 Å². The van der Waals surface area contributed by atoms with Gasteiger partial charge in [-0.3, -0.25) is 4.79 Å². The molecule has 0 radical (unpaired) electrons. The molecule has 206 valence electrons. The van der Waals surface area contributed by atoms with Gasteiger partial charge < -0.3 is 19.9 Å². The third-order valence-electron chi connectivity index (χ3n) is 7.15. The fraction of sp³-hybridized carbons (Fsp3) is 0.750. The average Bonchev–Trinajstić information content (AvgIpc) is 3.19. The minimum atomic E-state index is -4.99. The average molecular weight is 516 g/mol. The van der Waals surface area contributed by atoms with Gasteiger partial charge in [0.1, 0.15) is 6.10 Å². The monoisotopic (exact) mass is 515 g/mol. The molecular formula is C28H44F3NO4. The number of halogens is 3. The molecule has 1 aliphatic heterocycles. The zero-order valence-corrected chi connectivity index (χ0v) is 21.8. The molecule has 2 rings (SSSR count). The normalized spacial score (nSPS) is 21.9. The highest BCUT2D eigenvalue weighted by atomic mass is 19.4. The number of methoxy groups -OCH3 is 1. The lowest BCUT2D eigenvalue weighted by Crippen LogP contribution is -2.59. The molecule has 1 heterocycles. The summed E-state index contributed by atoms with van der Waals surface area (Å²) < 4.78 is 52.7. The van der Waals surface area contributed by atoms with Gasteiger partial charge in [-0.25, -0.2) is 0 Å². The molecule has 5 nitrogen and oxygen atoms in total. The van der Waals surface area contributed by atoms with E-state index in [1.54, 1.807) is 6.07 Å². The molecule has 0 spiro atoms. The van der Waals surface area contributed by atoms with Gasteiger partial charge in [-0.1, -0.05) is 114 Å². The van der Waals surface area contributed by atoms with Crippen LogP contribution in [0.2, 0.25) is 0 Å². The quantitative estimate of drug-likeness (QED) is 0.235. The van der Waals surface area contributed by atoms with Crippen LogP contribution < -0.4 is 5.32 Å². The van der Waals surface area contributed by atoms with Crippen LogP contribution in [-0.2, 0) is 19.9 Å². The molecule has 1 aromatic carbocycles. The topological polar surface area (TPSA) is 67.8 Å². The first kappa shape index (κ1) is 30.6. The lowest BCUT2D eigenvalue weighted by Gasteiger charge is -2.34. The molecule has 1 aromatic rings. The van der Waals surface area contributed by atoms with Crippen LogP contribution in [0.3, 0.4) is 0 Å². The minimum Gasteiger partial charge on any atom is -0.388 e. The van der Waals surface area contributed by atoms with Crippen molar-refractivity contribution < 1.29 is 32.5 Å². The minimum absolute atomic E-state index is 0.0394. The third kappa shape index (κ3) is 8.45. The maximum atomic E-state index is 14.1. The van der Waals surface area contributed by atoms with Crippen molar-refractivity contribution in [1.29, 1.82) is 0 Å². The number of unbranched alkanes of at least 4 members (excludes halogenated alkanes) is 11. The summed E-state index contributed by atoms with van der Waals surface area (Å²) in [6.45, 7) is 2.19. The smallest absolute Gasteiger partial charge is 0.388 e. The maximum absolute atomic E-state index is 14.1. The number of carbonyl (C=O) groups excluding carboxylic acids is 1. The summed E-state index contributed by atoms with van der Waals surface area (Å²) >= 11 is 0. The molecule has 4 atom stereocenters. The molecule has 0 saturated carbocycles. The summed E-state index contributed by atoms with van der Waals surface area (Å²) in [5, 5.41) is 13.0. The van der Waals surface area contributed by atoms with E-state index >= 15 is 0 Å². The zero-order valence-electron chi connectivity index (χ0n) is 21.8. The highest BCUT2D eigenvalue weighted by Crippen LogP contribution is 2.42. The highest BCUT2D eigenvalue weighted by molar-refractivity contribution is 5.88. The van der Waals surface area contributed by atoms with Crippen LogP contribution in [0.1, 0.15) is 96.0 Å². The Kier molecular flexibility index (Phi) is 13.2. The van der Waals surface area contributed by atoms with Crippen LogP contribution in [-0.4, -0.2) is 49.2 Å². The number of amides is 1. The number of carbonyl (C=O) groups is 1. The number of hydrogen-bond donors (Lipinski definition) is 2. The van der Waals surface area contributed by atoms with Crippen molar-refractivity contribution >= 4 is 5.91 Å². The number of rotatable bonds is 17. The number of hydrogen-bond acceptors (Lipinski definition) is 4. The Bertz CT molecular complexity index is 746. The molecule has 36 heavy (non-hydrogen) atoms. The maximum Gasteiger partial charge on any atom is 0.430 e. The van der Waals surface area contributed by atoms with Gasteiger partial charge in [0.05, 0.1) is 18.8 Å². The van der Waals surface area contributed by atoms with Crippen molar-refractivity contribution in [1.82, 2.24) is 5.32 Å². The molecule has 0 aromatic heterocycles. The number of aliphatic hydroxyl groups is 1. The van der Waals surface area contributed by atoms with Gasteiger partial charge >= 0.3 is 6.18 Å². The Morgan fingerprint density at radius 3 is 2.00 bits per heavy atom. The largest absolute Gasteiger partial charge is 0.430 e. The molecule has 0 unspecified atom stereocenters. The summed E-state index contributed by atoms with van der Waals surface area (Å²) in [4.78, 5) is 12.9. The lowest BCUT2D eigenvalue weighted by molar-refractivity contribution is -0.266. The second-order valence-electron chi connectivity index (χ2n) is 9.87. The van der Waals surface area contributed by atoms with Gasteiger partial charge in [-0.05, 0) is 6.42 Å². The zero-order chi connectivity index (χ0) is 26.4. The summed E-state index contributed by atoms with van der Waals surface area (Å²) in [7, 11) is 0.859. The molecule has 1 saturated heterocycles. The summed E-state index contributed by atoms with van der Waals surface area (Å²) in [5.74, 6) is -1.36. The fourth-order valence-electron chi connectivity index (χ4n) is 4.94. The Hall–Kier alpha value is -1.64. The van der Waals surface area contributed by atoms with Crippen molar-refractivity contribution in [3.8, 4) is 0 Å². The first-order valence-electron chi connectivity index (χ1n) is 13.6. The van der Waals surface area contributed by atoms with Crippen LogP contribution in [0.15, 0.2) is 30.3 Å². The van der Waals surface area contributed by atoms with Gasteiger partial charge in [0, 0.05) is 12.7 Å². The van der Waals surface area contributed by atoms with Crippen LogP contribution >= 0.6 is 0 Å². The molecule has 1 aliphatic rings. The third-order valence-corrected chi connectivity index (χ3v) is 7.15. The first-order valence-corrected chi connectivity index (χ1v) is 13.6. The Morgan fingerprint density at radius 2 is 1.50 bits per heavy atom. The van der Waals surface area contributed by atoms with Crippen LogP contribution in [0.5, 0.6) is 0 Å². The molecule has 8 heteroatoms. The van der Waals surface area contributed by atoms with Crippen LogP contribution in [0.25, 0.3) is 0 Å². The van der Waals surface area contributed by atoms with E-state index in [1.807, 2.05) is 0 Å². The summed E-state index contributed by atoms with van der Waals surface area (Å²) in [5.41, 5.74) is -3.49. The highest BCUT2D eigenvalue weighted by Gasteiger charge is 2.63. The number of aliphatic hydroxyl groups excluding tert-OH is 1. The molecule has 0 bridgehead atoms. The molecule has 1 amide bonds. The Balaban J connectivity index is 1.73. The Morgan fingerprint density at radius 1 is 0.972 bits per heavy atom. The number of benzene rings is 1. The second-order valence-corrected chi connectivity index (χ2v) is 9.87. The van der Waals surface area contributed by atoms with E-state index in [2.05, 4.69) is 12.2 Å². The van der Waals surface area contributed by atoms with E-state index < -0.39 is 35.9 Å². The first-order chi connectivity index (χ1) is 17.3. The van der Waals surface area contributed by atoms with E-state index in [9.17, 15) is 23.1 Å². The second kappa shape index (κ2) is 15.6. The molecule has 1 fully saturated rings. The lowest BCUT2D eigenvalue weighted by atomic mass is 9.91. The van der Waals surface area contributed by atoms with E-state index in [4.69, 9.17) is 9.47 Å². The van der Waals surface area contributed by atoms with Gasteiger partial charge in [-0.2, -0.15) is 13.2 Å². The molecule has 0 aliphatic carbocycles. The number of ether oxygens (including phenoxy) is 2. The van der Waals surface area contributed by atoms with E-state index in [0.717, 1.165) is 26.4 Å². The predicted molar refractivity (Wildman–Crippen MR) is 135 cm³/mol. The summed E-state index contributed by atoms with van der Waals surface area (Å²) in [6, 6.07) is 5.87. The van der Waals surface area contributed by atoms with E-state index in [0.29, 0.717) is 6.42 Å². The molecular weight excluding hydrogens is 471 g/mol. The van der Waals surface area contributed by atoms with Gasteiger partial charge in [0.2, 0.25) is 0 Å². The predicted octanol–water partition coefficient (Wildman–Crippen LogP) is 6.43.